The fourth-order valence-corrected chi connectivity index (χ4v) is 4.83. The Morgan fingerprint density at radius 3 is 2.23 bits per heavy atom. The van der Waals surface area contributed by atoms with Crippen molar-refractivity contribution in [3.8, 4) is 0 Å². The predicted octanol–water partition coefficient (Wildman–Crippen LogP) is 4.65. The summed E-state index contributed by atoms with van der Waals surface area (Å²) in [5.41, 5.74) is 3.89. The van der Waals surface area contributed by atoms with Crippen LogP contribution in [0.25, 0.3) is 0 Å². The lowest BCUT2D eigenvalue weighted by atomic mass is 10.2. The Hall–Kier alpha value is -2.87. The lowest BCUT2D eigenvalue weighted by Crippen LogP contribution is -2.40. The lowest BCUT2D eigenvalue weighted by molar-refractivity contribution is -0.119. The standard InChI is InChI=1S/C22H19Cl2N3O3S/c1-16-8-5-6-13-21(16)27(31(29,30)17-9-3-2-4-10-17)15-22(28)26-25-14-18-19(23)11-7-12-20(18)24/h2-14H,15H2,1H3,(H,26,28)/b25-14-. The Morgan fingerprint density at radius 1 is 0.968 bits per heavy atom. The molecule has 1 amide bonds. The highest BCUT2D eigenvalue weighted by molar-refractivity contribution is 7.92. The van der Waals surface area contributed by atoms with E-state index < -0.39 is 22.5 Å². The van der Waals surface area contributed by atoms with Gasteiger partial charge in [0.05, 0.1) is 26.8 Å². The zero-order chi connectivity index (χ0) is 22.4. The van der Waals surface area contributed by atoms with Crippen molar-refractivity contribution < 1.29 is 13.2 Å². The number of nitrogens with one attached hydrogen (secondary N) is 1. The van der Waals surface area contributed by atoms with Crippen LogP contribution in [0.3, 0.4) is 0 Å². The first-order valence-corrected chi connectivity index (χ1v) is 11.4. The molecule has 0 atom stereocenters. The van der Waals surface area contributed by atoms with Crippen LogP contribution in [0.2, 0.25) is 10.0 Å². The monoisotopic (exact) mass is 475 g/mol. The second kappa shape index (κ2) is 9.96. The molecular formula is C22H19Cl2N3O3S. The number of sulfonamides is 1. The van der Waals surface area contributed by atoms with E-state index in [1.165, 1.54) is 18.3 Å². The fourth-order valence-electron chi connectivity index (χ4n) is 2.83. The molecule has 3 aromatic carbocycles. The molecule has 160 valence electrons. The van der Waals surface area contributed by atoms with Crippen LogP contribution in [-0.2, 0) is 14.8 Å². The summed E-state index contributed by atoms with van der Waals surface area (Å²) < 4.78 is 27.6. The summed E-state index contributed by atoms with van der Waals surface area (Å²) in [5.74, 6) is -0.623. The number of carbonyl (C=O) groups excluding carboxylic acids is 1. The van der Waals surface area contributed by atoms with E-state index >= 15 is 0 Å². The molecule has 0 aliphatic rings. The number of halogens is 2. The number of anilines is 1. The number of hydrogen-bond acceptors (Lipinski definition) is 4. The number of nitrogens with zero attached hydrogens (tertiary/aromatic N) is 2. The van der Waals surface area contributed by atoms with Gasteiger partial charge in [-0.3, -0.25) is 9.10 Å². The highest BCUT2D eigenvalue weighted by Gasteiger charge is 2.27. The molecule has 0 aliphatic carbocycles. The van der Waals surface area contributed by atoms with Gasteiger partial charge < -0.3 is 0 Å². The van der Waals surface area contributed by atoms with Gasteiger partial charge in [0.1, 0.15) is 6.54 Å². The van der Waals surface area contributed by atoms with E-state index in [4.69, 9.17) is 23.2 Å². The predicted molar refractivity (Wildman–Crippen MR) is 124 cm³/mol. The Kier molecular flexibility index (Phi) is 7.33. The molecule has 0 aliphatic heterocycles. The van der Waals surface area contributed by atoms with E-state index in [1.807, 2.05) is 0 Å². The van der Waals surface area contributed by atoms with Gasteiger partial charge in [0.25, 0.3) is 15.9 Å². The smallest absolute Gasteiger partial charge is 0.264 e. The third-order valence-electron chi connectivity index (χ3n) is 4.39. The normalized spacial score (nSPS) is 11.5. The summed E-state index contributed by atoms with van der Waals surface area (Å²) in [5, 5.41) is 4.62. The zero-order valence-electron chi connectivity index (χ0n) is 16.5. The van der Waals surface area contributed by atoms with E-state index in [1.54, 1.807) is 67.6 Å². The van der Waals surface area contributed by atoms with Crippen LogP contribution in [-0.4, -0.2) is 27.1 Å². The van der Waals surface area contributed by atoms with Gasteiger partial charge in [0.15, 0.2) is 0 Å². The minimum atomic E-state index is -3.98. The summed E-state index contributed by atoms with van der Waals surface area (Å²) in [4.78, 5) is 12.7. The number of benzene rings is 3. The SMILES string of the molecule is Cc1ccccc1N(CC(=O)N/N=C\c1c(Cl)cccc1Cl)S(=O)(=O)c1ccccc1. The summed E-state index contributed by atoms with van der Waals surface area (Å²) in [6, 6.07) is 19.8. The molecular weight excluding hydrogens is 457 g/mol. The topological polar surface area (TPSA) is 78.8 Å². The molecule has 0 fully saturated rings. The number of rotatable bonds is 7. The van der Waals surface area contributed by atoms with Crippen LogP contribution in [0.15, 0.2) is 82.8 Å². The van der Waals surface area contributed by atoms with Gasteiger partial charge in [0.2, 0.25) is 0 Å². The van der Waals surface area contributed by atoms with E-state index in [2.05, 4.69) is 10.5 Å². The fraction of sp³-hybridized carbons (Fsp3) is 0.0909. The Morgan fingerprint density at radius 2 is 1.58 bits per heavy atom. The first-order chi connectivity index (χ1) is 14.8. The average Bonchev–Trinajstić information content (AvgIpc) is 2.75. The van der Waals surface area contributed by atoms with Crippen molar-refractivity contribution in [2.24, 2.45) is 5.10 Å². The first-order valence-electron chi connectivity index (χ1n) is 9.20. The molecule has 31 heavy (non-hydrogen) atoms. The van der Waals surface area contributed by atoms with Gasteiger partial charge >= 0.3 is 0 Å². The number of para-hydroxylation sites is 1. The molecule has 0 bridgehead atoms. The minimum absolute atomic E-state index is 0.0809. The number of hydrazone groups is 1. The molecule has 0 saturated carbocycles. The minimum Gasteiger partial charge on any atom is -0.271 e. The lowest BCUT2D eigenvalue weighted by Gasteiger charge is -2.25. The van der Waals surface area contributed by atoms with Crippen LogP contribution < -0.4 is 9.73 Å². The van der Waals surface area contributed by atoms with Crippen molar-refractivity contribution in [3.05, 3.63) is 94.0 Å². The second-order valence-electron chi connectivity index (χ2n) is 6.54. The average molecular weight is 476 g/mol. The molecule has 0 spiro atoms. The maximum absolute atomic E-state index is 13.3. The second-order valence-corrected chi connectivity index (χ2v) is 9.22. The molecule has 0 aromatic heterocycles. The molecule has 6 nitrogen and oxygen atoms in total. The van der Waals surface area contributed by atoms with Gasteiger partial charge in [-0.1, -0.05) is 65.7 Å². The highest BCUT2D eigenvalue weighted by Crippen LogP contribution is 2.26. The van der Waals surface area contributed by atoms with E-state index in [0.29, 0.717) is 26.9 Å². The van der Waals surface area contributed by atoms with Gasteiger partial charge in [0, 0.05) is 5.56 Å². The van der Waals surface area contributed by atoms with Crippen molar-refractivity contribution in [2.75, 3.05) is 10.8 Å². The van der Waals surface area contributed by atoms with E-state index in [-0.39, 0.29) is 4.90 Å². The molecule has 0 heterocycles. The molecule has 3 aromatic rings. The number of hydrogen-bond donors (Lipinski definition) is 1. The van der Waals surface area contributed by atoms with E-state index in [0.717, 1.165) is 4.31 Å². The third-order valence-corrected chi connectivity index (χ3v) is 6.82. The van der Waals surface area contributed by atoms with Crippen molar-refractivity contribution in [1.82, 2.24) is 5.43 Å². The Bertz CT molecular complexity index is 1200. The summed E-state index contributed by atoms with van der Waals surface area (Å²) in [7, 11) is -3.98. The Labute approximate surface area is 191 Å². The molecule has 0 unspecified atom stereocenters. The third kappa shape index (κ3) is 5.44. The molecule has 9 heteroatoms. The van der Waals surface area contributed by atoms with Gasteiger partial charge in [-0.25, -0.2) is 13.8 Å². The quantitative estimate of drug-likeness (QED) is 0.399. The molecule has 1 N–H and O–H groups in total. The van der Waals surface area contributed by atoms with Gasteiger partial charge in [-0.15, -0.1) is 0 Å². The molecule has 0 radical (unpaired) electrons. The number of carbonyl (C=O) groups is 1. The maximum Gasteiger partial charge on any atom is 0.264 e. The van der Waals surface area contributed by atoms with Crippen LogP contribution in [0, 0.1) is 6.92 Å². The summed E-state index contributed by atoms with van der Waals surface area (Å²) in [6.45, 7) is 1.31. The summed E-state index contributed by atoms with van der Waals surface area (Å²) >= 11 is 12.2. The van der Waals surface area contributed by atoms with Gasteiger partial charge in [-0.2, -0.15) is 5.10 Å². The highest BCUT2D eigenvalue weighted by atomic mass is 35.5. The van der Waals surface area contributed by atoms with Crippen molar-refractivity contribution in [1.29, 1.82) is 0 Å². The molecule has 3 rings (SSSR count). The van der Waals surface area contributed by atoms with Crippen LogP contribution in [0.5, 0.6) is 0 Å². The largest absolute Gasteiger partial charge is 0.271 e. The number of amides is 1. The van der Waals surface area contributed by atoms with Crippen molar-refractivity contribution >= 4 is 51.0 Å². The zero-order valence-corrected chi connectivity index (χ0v) is 18.8. The van der Waals surface area contributed by atoms with E-state index in [9.17, 15) is 13.2 Å². The van der Waals surface area contributed by atoms with Crippen LogP contribution in [0.1, 0.15) is 11.1 Å². The van der Waals surface area contributed by atoms with Gasteiger partial charge in [-0.05, 0) is 42.8 Å². The van der Waals surface area contributed by atoms with Crippen molar-refractivity contribution in [3.63, 3.8) is 0 Å². The maximum atomic E-state index is 13.3. The first kappa shape index (κ1) is 22.8. The Balaban J connectivity index is 1.86. The van der Waals surface area contributed by atoms with Crippen molar-refractivity contribution in [2.45, 2.75) is 11.8 Å². The van der Waals surface area contributed by atoms with Crippen LogP contribution >= 0.6 is 23.2 Å². The summed E-state index contributed by atoms with van der Waals surface area (Å²) in [6.07, 6.45) is 1.31. The molecule has 0 saturated heterocycles. The number of aryl methyl sites for hydroxylation is 1. The van der Waals surface area contributed by atoms with Crippen LogP contribution in [0.4, 0.5) is 5.69 Å².